The quantitative estimate of drug-likeness (QED) is 0.734. The number of imidazole rings is 1. The second-order valence-electron chi connectivity index (χ2n) is 4.05. The number of Topliss-reactive ketones (excluding diaryl/α,β-unsaturated/α-hetero) is 1. The molecule has 0 aliphatic rings. The van der Waals surface area contributed by atoms with Gasteiger partial charge in [0.2, 0.25) is 0 Å². The zero-order valence-electron chi connectivity index (χ0n) is 9.80. The molecule has 0 atom stereocenters. The van der Waals surface area contributed by atoms with Gasteiger partial charge in [-0.15, -0.1) is 11.3 Å². The molecule has 5 heteroatoms. The van der Waals surface area contributed by atoms with Crippen LogP contribution in [0.5, 0.6) is 0 Å². The van der Waals surface area contributed by atoms with Crippen molar-refractivity contribution < 1.29 is 4.79 Å². The maximum absolute atomic E-state index is 11.2. The molecule has 0 bridgehead atoms. The summed E-state index contributed by atoms with van der Waals surface area (Å²) >= 11 is 1.43. The molecule has 4 nitrogen and oxygen atoms in total. The molecule has 0 saturated heterocycles. The number of para-hydroxylation sites is 2. The zero-order chi connectivity index (χ0) is 12.5. The van der Waals surface area contributed by atoms with E-state index in [0.29, 0.717) is 11.3 Å². The predicted molar refractivity (Wildman–Crippen MR) is 71.0 cm³/mol. The summed E-state index contributed by atoms with van der Waals surface area (Å²) in [6.45, 7) is 1.55. The number of hydrogen-bond donors (Lipinski definition) is 1. The summed E-state index contributed by atoms with van der Waals surface area (Å²) in [5.74, 6) is 0.934. The fourth-order valence-electron chi connectivity index (χ4n) is 1.79. The number of ketones is 1. The highest BCUT2D eigenvalue weighted by Gasteiger charge is 2.09. The van der Waals surface area contributed by atoms with Crippen LogP contribution in [-0.4, -0.2) is 20.7 Å². The summed E-state index contributed by atoms with van der Waals surface area (Å²) in [5, 5.41) is 0.902. The lowest BCUT2D eigenvalue weighted by molar-refractivity contribution is 0.102. The van der Waals surface area contributed by atoms with Gasteiger partial charge in [-0.25, -0.2) is 9.97 Å². The van der Waals surface area contributed by atoms with Crippen LogP contribution in [0.3, 0.4) is 0 Å². The third-order valence-electron chi connectivity index (χ3n) is 2.66. The number of fused-ring (bicyclic) bond motifs is 1. The Morgan fingerprint density at radius 2 is 2.22 bits per heavy atom. The molecular weight excluding hydrogens is 246 g/mol. The minimum atomic E-state index is 0.0587. The molecule has 0 spiro atoms. The molecule has 0 amide bonds. The van der Waals surface area contributed by atoms with Crippen molar-refractivity contribution in [1.82, 2.24) is 15.0 Å². The molecule has 0 unspecified atom stereocenters. The first-order chi connectivity index (χ1) is 8.72. The third-order valence-corrected chi connectivity index (χ3v) is 3.76. The number of thiazole rings is 1. The summed E-state index contributed by atoms with van der Waals surface area (Å²) in [7, 11) is 0. The second-order valence-corrected chi connectivity index (χ2v) is 5.17. The van der Waals surface area contributed by atoms with Crippen LogP contribution in [0, 0.1) is 0 Å². The highest BCUT2D eigenvalue weighted by Crippen LogP contribution is 2.18. The monoisotopic (exact) mass is 257 g/mol. The first-order valence-electron chi connectivity index (χ1n) is 5.61. The number of aromatic amines is 1. The Kier molecular flexibility index (Phi) is 2.68. The molecule has 3 aromatic rings. The molecule has 0 aliphatic carbocycles. The fraction of sp³-hybridized carbons (Fsp3) is 0.154. The number of aromatic nitrogens is 3. The maximum atomic E-state index is 11.2. The number of nitrogens with zero attached hydrogens (tertiary/aromatic N) is 2. The topological polar surface area (TPSA) is 58.6 Å². The summed E-state index contributed by atoms with van der Waals surface area (Å²) in [5.41, 5.74) is 1.98. The second kappa shape index (κ2) is 4.34. The van der Waals surface area contributed by atoms with Crippen molar-refractivity contribution in [2.24, 2.45) is 0 Å². The lowest BCUT2D eigenvalue weighted by Crippen LogP contribution is -1.88. The lowest BCUT2D eigenvalue weighted by Gasteiger charge is -1.90. The summed E-state index contributed by atoms with van der Waals surface area (Å²) in [6.07, 6.45) is 2.26. The van der Waals surface area contributed by atoms with Gasteiger partial charge in [-0.3, -0.25) is 4.79 Å². The van der Waals surface area contributed by atoms with E-state index in [2.05, 4.69) is 15.0 Å². The van der Waals surface area contributed by atoms with E-state index >= 15 is 0 Å². The van der Waals surface area contributed by atoms with Gasteiger partial charge < -0.3 is 4.98 Å². The van der Waals surface area contributed by atoms with Crippen molar-refractivity contribution in [2.45, 2.75) is 13.3 Å². The number of rotatable bonds is 3. The van der Waals surface area contributed by atoms with E-state index in [1.807, 2.05) is 24.3 Å². The molecule has 18 heavy (non-hydrogen) atoms. The molecule has 1 aromatic carbocycles. The summed E-state index contributed by atoms with van der Waals surface area (Å²) < 4.78 is 0. The molecule has 90 valence electrons. The van der Waals surface area contributed by atoms with E-state index < -0.39 is 0 Å². The van der Waals surface area contributed by atoms with Crippen molar-refractivity contribution in [2.75, 3.05) is 0 Å². The molecule has 0 saturated carbocycles. The van der Waals surface area contributed by atoms with Gasteiger partial charge in [0.1, 0.15) is 10.8 Å². The minimum absolute atomic E-state index is 0.0587. The molecule has 0 fully saturated rings. The number of hydrogen-bond acceptors (Lipinski definition) is 4. The van der Waals surface area contributed by atoms with Crippen LogP contribution in [0.25, 0.3) is 11.0 Å². The van der Waals surface area contributed by atoms with Crippen LogP contribution in [0.15, 0.2) is 30.5 Å². The van der Waals surface area contributed by atoms with Crippen LogP contribution < -0.4 is 0 Å². The highest BCUT2D eigenvalue weighted by molar-refractivity contribution is 7.13. The van der Waals surface area contributed by atoms with E-state index in [1.165, 1.54) is 11.3 Å². The average molecular weight is 257 g/mol. The highest BCUT2D eigenvalue weighted by atomic mass is 32.1. The number of carbonyl (C=O) groups is 1. The number of benzene rings is 1. The lowest BCUT2D eigenvalue weighted by atomic mass is 10.3. The van der Waals surface area contributed by atoms with Gasteiger partial charge in [0.25, 0.3) is 0 Å². The van der Waals surface area contributed by atoms with Crippen molar-refractivity contribution in [3.63, 3.8) is 0 Å². The number of carbonyl (C=O) groups excluding carboxylic acids is 1. The van der Waals surface area contributed by atoms with Crippen molar-refractivity contribution in [3.05, 3.63) is 46.2 Å². The third kappa shape index (κ3) is 2.04. The zero-order valence-corrected chi connectivity index (χ0v) is 10.6. The van der Waals surface area contributed by atoms with Gasteiger partial charge in [-0.1, -0.05) is 12.1 Å². The number of nitrogens with one attached hydrogen (secondary N) is 1. The molecule has 3 rings (SSSR count). The minimum Gasteiger partial charge on any atom is -0.342 e. The van der Waals surface area contributed by atoms with Crippen LogP contribution in [0.1, 0.15) is 27.4 Å². The van der Waals surface area contributed by atoms with Crippen molar-refractivity contribution >= 4 is 28.2 Å². The van der Waals surface area contributed by atoms with Crippen LogP contribution in [-0.2, 0) is 6.42 Å². The standard InChI is InChI=1S/C13H11N3OS/c1-8(17)11-7-14-13(18-11)6-12-15-9-4-2-3-5-10(9)16-12/h2-5,7H,6H2,1H3,(H,15,16). The summed E-state index contributed by atoms with van der Waals surface area (Å²) in [6, 6.07) is 7.90. The number of H-pyrrole nitrogens is 1. The molecule has 0 radical (unpaired) electrons. The van der Waals surface area contributed by atoms with E-state index in [9.17, 15) is 4.79 Å². The Morgan fingerprint density at radius 1 is 1.39 bits per heavy atom. The molecule has 1 N–H and O–H groups in total. The van der Waals surface area contributed by atoms with Gasteiger partial charge in [-0.05, 0) is 12.1 Å². The van der Waals surface area contributed by atoms with Crippen LogP contribution >= 0.6 is 11.3 Å². The average Bonchev–Trinajstić information content (AvgIpc) is 2.94. The Hall–Kier alpha value is -2.01. The molecule has 2 heterocycles. The Labute approximate surface area is 108 Å². The van der Waals surface area contributed by atoms with E-state index in [-0.39, 0.29) is 5.78 Å². The van der Waals surface area contributed by atoms with Gasteiger partial charge in [-0.2, -0.15) is 0 Å². The van der Waals surface area contributed by atoms with E-state index in [4.69, 9.17) is 0 Å². The van der Waals surface area contributed by atoms with Crippen molar-refractivity contribution in [3.8, 4) is 0 Å². The first-order valence-corrected chi connectivity index (χ1v) is 6.43. The summed E-state index contributed by atoms with van der Waals surface area (Å²) in [4.78, 5) is 23.9. The SMILES string of the molecule is CC(=O)c1cnc(Cc2nc3ccccc3[nH]2)s1. The Morgan fingerprint density at radius 3 is 2.94 bits per heavy atom. The van der Waals surface area contributed by atoms with E-state index in [1.54, 1.807) is 13.1 Å². The Balaban J connectivity index is 1.88. The van der Waals surface area contributed by atoms with Gasteiger partial charge in [0.15, 0.2) is 5.78 Å². The smallest absolute Gasteiger partial charge is 0.171 e. The van der Waals surface area contributed by atoms with Gasteiger partial charge in [0, 0.05) is 13.1 Å². The van der Waals surface area contributed by atoms with Gasteiger partial charge in [0.05, 0.1) is 22.3 Å². The van der Waals surface area contributed by atoms with Crippen LogP contribution in [0.2, 0.25) is 0 Å². The molecule has 0 aliphatic heterocycles. The van der Waals surface area contributed by atoms with Gasteiger partial charge >= 0.3 is 0 Å². The predicted octanol–water partition coefficient (Wildman–Crippen LogP) is 2.81. The Bertz CT molecular complexity index is 681. The maximum Gasteiger partial charge on any atom is 0.171 e. The van der Waals surface area contributed by atoms with E-state index in [0.717, 1.165) is 21.9 Å². The largest absolute Gasteiger partial charge is 0.342 e. The molecule has 2 aromatic heterocycles. The first kappa shape index (κ1) is 11.1. The fourth-order valence-corrected chi connectivity index (χ4v) is 2.60. The van der Waals surface area contributed by atoms with Crippen molar-refractivity contribution in [1.29, 1.82) is 0 Å². The normalized spacial score (nSPS) is 10.9. The van der Waals surface area contributed by atoms with Crippen LogP contribution in [0.4, 0.5) is 0 Å². The molecular formula is C13H11N3OS.